The summed E-state index contributed by atoms with van der Waals surface area (Å²) in [6, 6.07) is 0. The summed E-state index contributed by atoms with van der Waals surface area (Å²) in [4.78, 5) is 10.5. The molecule has 0 amide bonds. The largest absolute Gasteiger partial charge is 0.464 e. The molecule has 1 unspecified atom stereocenters. The minimum Gasteiger partial charge on any atom is -0.464 e. The molecular formula is C6H12O3Si. The van der Waals surface area contributed by atoms with Crippen LogP contribution < -0.4 is 0 Å². The van der Waals surface area contributed by atoms with Crippen molar-refractivity contribution in [2.24, 2.45) is 0 Å². The minimum absolute atomic E-state index is 0.378. The fourth-order valence-corrected chi connectivity index (χ4v) is 0.862. The van der Waals surface area contributed by atoms with Crippen molar-refractivity contribution in [3.05, 3.63) is 12.7 Å². The van der Waals surface area contributed by atoms with Crippen molar-refractivity contribution in [3.8, 4) is 0 Å². The molecule has 1 atom stereocenters. The van der Waals surface area contributed by atoms with E-state index in [1.165, 1.54) is 0 Å². The molecule has 0 heterocycles. The van der Waals surface area contributed by atoms with E-state index >= 15 is 0 Å². The van der Waals surface area contributed by atoms with Crippen LogP contribution in [0.4, 0.5) is 0 Å². The fraction of sp³-hybridized carbons (Fsp3) is 0.500. The molecule has 0 bridgehead atoms. The number of carbonyl (C=O) groups excluding carboxylic acids is 1. The molecular weight excluding hydrogens is 148 g/mol. The van der Waals surface area contributed by atoms with E-state index in [2.05, 4.69) is 6.58 Å². The van der Waals surface area contributed by atoms with Gasteiger partial charge in [-0.3, -0.25) is 0 Å². The Hall–Kier alpha value is -0.613. The van der Waals surface area contributed by atoms with Crippen molar-refractivity contribution in [1.29, 1.82) is 0 Å². The maximum Gasteiger partial charge on any atom is 0.329 e. The Bertz CT molecular complexity index is 124. The highest BCUT2D eigenvalue weighted by molar-refractivity contribution is 6.50. The molecule has 0 aliphatic rings. The van der Waals surface area contributed by atoms with Gasteiger partial charge in [-0.05, 0) is 6.55 Å². The minimum atomic E-state index is -1.24. The molecule has 0 aromatic heterocycles. The second kappa shape index (κ2) is 5.19. The number of hydrogen-bond donors (Lipinski definition) is 0. The van der Waals surface area contributed by atoms with Crippen LogP contribution in [0, 0.1) is 0 Å². The zero-order chi connectivity index (χ0) is 7.98. The van der Waals surface area contributed by atoms with Gasteiger partial charge in [-0.25, -0.2) is 4.79 Å². The van der Waals surface area contributed by atoms with Gasteiger partial charge in [0.05, 0.1) is 0 Å². The van der Waals surface area contributed by atoms with Crippen LogP contribution in [-0.4, -0.2) is 28.3 Å². The van der Waals surface area contributed by atoms with Crippen molar-refractivity contribution in [2.75, 3.05) is 13.3 Å². The highest BCUT2D eigenvalue weighted by Crippen LogP contribution is 1.85. The van der Waals surface area contributed by atoms with Gasteiger partial charge in [-0.1, -0.05) is 6.58 Å². The Morgan fingerprint density at radius 1 is 1.80 bits per heavy atom. The molecule has 0 radical (unpaired) electrons. The van der Waals surface area contributed by atoms with Gasteiger partial charge >= 0.3 is 5.97 Å². The summed E-state index contributed by atoms with van der Waals surface area (Å²) in [6.07, 6.45) is 1.57. The lowest BCUT2D eigenvalue weighted by atomic mass is 10.7. The molecule has 0 saturated heterocycles. The molecule has 0 aliphatic carbocycles. The molecule has 0 saturated carbocycles. The van der Waals surface area contributed by atoms with Crippen molar-refractivity contribution in [2.45, 2.75) is 6.55 Å². The van der Waals surface area contributed by atoms with Crippen LogP contribution in [0.25, 0.3) is 0 Å². The van der Waals surface area contributed by atoms with Crippen molar-refractivity contribution < 1.29 is 14.0 Å². The Balaban J connectivity index is 3.34. The first-order valence-electron chi connectivity index (χ1n) is 3.02. The summed E-state index contributed by atoms with van der Waals surface area (Å²) in [5.74, 6) is -0.378. The predicted octanol–water partition coefficient (Wildman–Crippen LogP) is 0.255. The van der Waals surface area contributed by atoms with Crippen LogP contribution in [0.15, 0.2) is 12.7 Å². The van der Waals surface area contributed by atoms with Gasteiger partial charge in [-0.2, -0.15) is 0 Å². The fourth-order valence-electron chi connectivity index (χ4n) is 0.326. The molecule has 0 aliphatic heterocycles. The van der Waals surface area contributed by atoms with Crippen LogP contribution in [0.2, 0.25) is 6.55 Å². The molecule has 0 aromatic rings. The van der Waals surface area contributed by atoms with E-state index in [1.807, 2.05) is 6.55 Å². The Labute approximate surface area is 62.4 Å². The van der Waals surface area contributed by atoms with Crippen molar-refractivity contribution in [1.82, 2.24) is 0 Å². The highest BCUT2D eigenvalue weighted by atomic mass is 28.3. The average molecular weight is 160 g/mol. The lowest BCUT2D eigenvalue weighted by Crippen LogP contribution is -2.21. The molecule has 0 aromatic carbocycles. The Morgan fingerprint density at radius 2 is 2.40 bits per heavy atom. The number of esters is 1. The van der Waals surface area contributed by atoms with Gasteiger partial charge in [0, 0.05) is 13.2 Å². The smallest absolute Gasteiger partial charge is 0.329 e. The third kappa shape index (κ3) is 4.28. The third-order valence-electron chi connectivity index (χ3n) is 1.03. The van der Waals surface area contributed by atoms with Gasteiger partial charge in [0.15, 0.2) is 0 Å². The highest BCUT2D eigenvalue weighted by Gasteiger charge is 2.03. The summed E-state index contributed by atoms with van der Waals surface area (Å²) < 4.78 is 9.70. The Kier molecular flexibility index (Phi) is 4.88. The SMILES string of the molecule is C=CC(=O)OC[SiH](C)OC. The van der Waals surface area contributed by atoms with E-state index in [9.17, 15) is 4.79 Å². The lowest BCUT2D eigenvalue weighted by Gasteiger charge is -2.05. The maximum absolute atomic E-state index is 10.5. The number of carbonyl (C=O) groups is 1. The number of hydrogen-bond acceptors (Lipinski definition) is 3. The molecule has 3 nitrogen and oxygen atoms in total. The molecule has 4 heteroatoms. The maximum atomic E-state index is 10.5. The van der Waals surface area contributed by atoms with Crippen LogP contribution in [0.1, 0.15) is 0 Å². The zero-order valence-electron chi connectivity index (χ0n) is 6.29. The monoisotopic (exact) mass is 160 g/mol. The van der Waals surface area contributed by atoms with Gasteiger partial charge in [-0.15, -0.1) is 0 Å². The second-order valence-corrected chi connectivity index (χ2v) is 4.31. The Morgan fingerprint density at radius 3 is 2.80 bits per heavy atom. The first-order valence-corrected chi connectivity index (χ1v) is 5.47. The summed E-state index contributed by atoms with van der Waals surface area (Å²) in [5.41, 5.74) is 0. The summed E-state index contributed by atoms with van der Waals surface area (Å²) in [6.45, 7) is 5.22. The van der Waals surface area contributed by atoms with Crippen molar-refractivity contribution in [3.63, 3.8) is 0 Å². The molecule has 0 N–H and O–H groups in total. The van der Waals surface area contributed by atoms with Crippen LogP contribution >= 0.6 is 0 Å². The second-order valence-electron chi connectivity index (χ2n) is 1.88. The standard InChI is InChI=1S/C6H12O3Si/c1-4-6(7)9-5-10(3)8-2/h4,10H,1,5H2,2-3H3. The lowest BCUT2D eigenvalue weighted by molar-refractivity contribution is -0.136. The topological polar surface area (TPSA) is 35.5 Å². The van der Waals surface area contributed by atoms with E-state index in [0.717, 1.165) is 6.08 Å². The summed E-state index contributed by atoms with van der Waals surface area (Å²) in [7, 11) is 0.381. The third-order valence-corrected chi connectivity index (χ3v) is 2.47. The molecule has 10 heavy (non-hydrogen) atoms. The van der Waals surface area contributed by atoms with Gasteiger partial charge < -0.3 is 9.16 Å². The van der Waals surface area contributed by atoms with E-state index < -0.39 is 9.04 Å². The summed E-state index contributed by atoms with van der Waals surface area (Å²) >= 11 is 0. The van der Waals surface area contributed by atoms with E-state index in [-0.39, 0.29) is 5.97 Å². The van der Waals surface area contributed by atoms with Gasteiger partial charge in [0.1, 0.15) is 6.23 Å². The predicted molar refractivity (Wildman–Crippen MR) is 41.2 cm³/mol. The van der Waals surface area contributed by atoms with Crippen LogP contribution in [0.3, 0.4) is 0 Å². The normalized spacial score (nSPS) is 12.2. The zero-order valence-corrected chi connectivity index (χ0v) is 7.45. The molecule has 58 valence electrons. The average Bonchev–Trinajstić information content (AvgIpc) is 1.99. The first kappa shape index (κ1) is 9.39. The van der Waals surface area contributed by atoms with E-state index in [4.69, 9.17) is 9.16 Å². The first-order chi connectivity index (χ1) is 4.70. The van der Waals surface area contributed by atoms with Crippen LogP contribution in [-0.2, 0) is 14.0 Å². The molecule has 0 spiro atoms. The van der Waals surface area contributed by atoms with Crippen molar-refractivity contribution >= 4 is 15.0 Å². The van der Waals surface area contributed by atoms with Crippen LogP contribution in [0.5, 0.6) is 0 Å². The van der Waals surface area contributed by atoms with Gasteiger partial charge in [0.2, 0.25) is 9.04 Å². The molecule has 0 rings (SSSR count). The summed E-state index contributed by atoms with van der Waals surface area (Å²) in [5, 5.41) is 0. The number of rotatable bonds is 4. The quantitative estimate of drug-likeness (QED) is 0.336. The van der Waals surface area contributed by atoms with E-state index in [1.54, 1.807) is 7.11 Å². The number of ether oxygens (including phenoxy) is 1. The van der Waals surface area contributed by atoms with Gasteiger partial charge in [0.25, 0.3) is 0 Å². The van der Waals surface area contributed by atoms with E-state index in [0.29, 0.717) is 6.23 Å². The molecule has 0 fully saturated rings.